The van der Waals surface area contributed by atoms with Crippen molar-refractivity contribution < 1.29 is 9.53 Å². The molecule has 0 aliphatic carbocycles. The number of benzene rings is 1. The fourth-order valence-electron chi connectivity index (χ4n) is 2.70. The van der Waals surface area contributed by atoms with Gasteiger partial charge in [-0.1, -0.05) is 17.7 Å². The van der Waals surface area contributed by atoms with Crippen LogP contribution in [0.2, 0.25) is 5.02 Å². The van der Waals surface area contributed by atoms with E-state index in [9.17, 15) is 4.79 Å². The second-order valence-electron chi connectivity index (χ2n) is 5.69. The van der Waals surface area contributed by atoms with Crippen LogP contribution in [0.5, 0.6) is 0 Å². The number of carbonyl (C=O) groups excluding carboxylic acids is 1. The van der Waals surface area contributed by atoms with E-state index in [1.165, 1.54) is 5.56 Å². The van der Waals surface area contributed by atoms with Gasteiger partial charge in [-0.2, -0.15) is 0 Å². The predicted octanol–water partition coefficient (Wildman–Crippen LogP) is 2.91. The Labute approximate surface area is 143 Å². The molecule has 0 saturated carbocycles. The van der Waals surface area contributed by atoms with Gasteiger partial charge in [0, 0.05) is 56.6 Å². The maximum Gasteiger partial charge on any atom is 0.317 e. The summed E-state index contributed by atoms with van der Waals surface area (Å²) >= 11 is 6.10. The summed E-state index contributed by atoms with van der Waals surface area (Å²) in [6, 6.07) is 5.96. The van der Waals surface area contributed by atoms with Crippen molar-refractivity contribution in [2.24, 2.45) is 0 Å². The minimum absolute atomic E-state index is 0.0176. The van der Waals surface area contributed by atoms with Crippen LogP contribution in [0.1, 0.15) is 18.9 Å². The van der Waals surface area contributed by atoms with E-state index in [4.69, 9.17) is 16.3 Å². The minimum atomic E-state index is 0.0176. The molecule has 0 bridgehead atoms. The summed E-state index contributed by atoms with van der Waals surface area (Å²) in [6.45, 7) is 9.24. The van der Waals surface area contributed by atoms with E-state index < -0.39 is 0 Å². The average Bonchev–Trinajstić information content (AvgIpc) is 2.57. The van der Waals surface area contributed by atoms with Crippen LogP contribution in [0.3, 0.4) is 0 Å². The SMILES string of the molecule is CCOCCCNC(=O)N1CCN(c2cc(Cl)ccc2C)CC1. The zero-order chi connectivity index (χ0) is 16.7. The Morgan fingerprint density at radius 1 is 1.30 bits per heavy atom. The van der Waals surface area contributed by atoms with Gasteiger partial charge in [0.05, 0.1) is 0 Å². The molecule has 0 spiro atoms. The van der Waals surface area contributed by atoms with Gasteiger partial charge >= 0.3 is 6.03 Å². The summed E-state index contributed by atoms with van der Waals surface area (Å²) in [7, 11) is 0. The summed E-state index contributed by atoms with van der Waals surface area (Å²) < 4.78 is 5.26. The van der Waals surface area contributed by atoms with E-state index in [1.54, 1.807) is 0 Å². The Hall–Kier alpha value is -1.46. The van der Waals surface area contributed by atoms with Crippen molar-refractivity contribution in [3.63, 3.8) is 0 Å². The molecule has 23 heavy (non-hydrogen) atoms. The number of aryl methyl sites for hydroxylation is 1. The summed E-state index contributed by atoms with van der Waals surface area (Å²) in [5, 5.41) is 3.70. The fraction of sp³-hybridized carbons (Fsp3) is 0.588. The molecule has 0 atom stereocenters. The van der Waals surface area contributed by atoms with Crippen molar-refractivity contribution in [2.45, 2.75) is 20.3 Å². The van der Waals surface area contributed by atoms with Gasteiger partial charge in [0.1, 0.15) is 0 Å². The number of rotatable bonds is 6. The average molecular weight is 340 g/mol. The number of amides is 2. The number of anilines is 1. The topological polar surface area (TPSA) is 44.8 Å². The summed E-state index contributed by atoms with van der Waals surface area (Å²) in [6.07, 6.45) is 0.848. The van der Waals surface area contributed by atoms with E-state index in [2.05, 4.69) is 17.1 Å². The maximum atomic E-state index is 12.1. The first-order chi connectivity index (χ1) is 11.1. The van der Waals surface area contributed by atoms with Crippen LogP contribution in [-0.4, -0.2) is 56.9 Å². The zero-order valence-electron chi connectivity index (χ0n) is 14.0. The van der Waals surface area contributed by atoms with Crippen LogP contribution in [0, 0.1) is 6.92 Å². The molecule has 1 heterocycles. The van der Waals surface area contributed by atoms with Gasteiger partial charge in [0.15, 0.2) is 0 Å². The van der Waals surface area contributed by atoms with E-state index in [-0.39, 0.29) is 6.03 Å². The molecule has 1 aliphatic rings. The molecule has 0 radical (unpaired) electrons. The third-order valence-corrected chi connectivity index (χ3v) is 4.26. The zero-order valence-corrected chi connectivity index (χ0v) is 14.7. The monoisotopic (exact) mass is 339 g/mol. The van der Waals surface area contributed by atoms with E-state index >= 15 is 0 Å². The molecule has 128 valence electrons. The van der Waals surface area contributed by atoms with Gasteiger partial charge in [0.25, 0.3) is 0 Å². The number of halogens is 1. The van der Waals surface area contributed by atoms with Crippen LogP contribution in [0.15, 0.2) is 18.2 Å². The molecule has 1 aliphatic heterocycles. The lowest BCUT2D eigenvalue weighted by Crippen LogP contribution is -2.52. The number of hydrogen-bond donors (Lipinski definition) is 1. The Morgan fingerprint density at radius 3 is 2.74 bits per heavy atom. The number of piperazine rings is 1. The lowest BCUT2D eigenvalue weighted by Gasteiger charge is -2.36. The Bertz CT molecular complexity index is 517. The third kappa shape index (κ3) is 5.29. The fourth-order valence-corrected chi connectivity index (χ4v) is 2.87. The first kappa shape index (κ1) is 17.9. The van der Waals surface area contributed by atoms with Gasteiger partial charge in [-0.25, -0.2) is 4.79 Å². The summed E-state index contributed by atoms with van der Waals surface area (Å²) in [5.41, 5.74) is 2.37. The molecule has 1 N–H and O–H groups in total. The van der Waals surface area contributed by atoms with Crippen molar-refractivity contribution in [1.29, 1.82) is 0 Å². The third-order valence-electron chi connectivity index (χ3n) is 4.02. The summed E-state index contributed by atoms with van der Waals surface area (Å²) in [5.74, 6) is 0. The molecule has 0 unspecified atom stereocenters. The predicted molar refractivity (Wildman–Crippen MR) is 94.5 cm³/mol. The van der Waals surface area contributed by atoms with Crippen LogP contribution in [0.25, 0.3) is 0 Å². The second kappa shape index (κ2) is 8.99. The van der Waals surface area contributed by atoms with E-state index in [1.807, 2.05) is 30.0 Å². The smallest absolute Gasteiger partial charge is 0.317 e. The van der Waals surface area contributed by atoms with Gasteiger partial charge in [-0.3, -0.25) is 0 Å². The number of hydrogen-bond acceptors (Lipinski definition) is 3. The highest BCUT2D eigenvalue weighted by Crippen LogP contribution is 2.25. The molecule has 2 amide bonds. The molecule has 5 nitrogen and oxygen atoms in total. The molecule has 6 heteroatoms. The van der Waals surface area contributed by atoms with Gasteiger partial charge in [0.2, 0.25) is 0 Å². The van der Waals surface area contributed by atoms with Crippen molar-refractivity contribution in [2.75, 3.05) is 50.8 Å². The second-order valence-corrected chi connectivity index (χ2v) is 6.12. The largest absolute Gasteiger partial charge is 0.382 e. The lowest BCUT2D eigenvalue weighted by molar-refractivity contribution is 0.143. The van der Waals surface area contributed by atoms with Crippen LogP contribution < -0.4 is 10.2 Å². The van der Waals surface area contributed by atoms with Crippen LogP contribution in [0.4, 0.5) is 10.5 Å². The first-order valence-corrected chi connectivity index (χ1v) is 8.61. The first-order valence-electron chi connectivity index (χ1n) is 8.23. The molecule has 1 aromatic rings. The minimum Gasteiger partial charge on any atom is -0.382 e. The van der Waals surface area contributed by atoms with Crippen LogP contribution >= 0.6 is 11.6 Å². The van der Waals surface area contributed by atoms with Crippen molar-refractivity contribution in [1.82, 2.24) is 10.2 Å². The standard InChI is InChI=1S/C17H26ClN3O2/c1-3-23-12-4-7-19-17(22)21-10-8-20(9-11-21)16-13-15(18)6-5-14(16)2/h5-6,13H,3-4,7-12H2,1-2H3,(H,19,22). The van der Waals surface area contributed by atoms with Crippen molar-refractivity contribution >= 4 is 23.3 Å². The van der Waals surface area contributed by atoms with Crippen molar-refractivity contribution in [3.05, 3.63) is 28.8 Å². The number of carbonyl (C=O) groups is 1. The lowest BCUT2D eigenvalue weighted by atomic mass is 10.1. The normalized spacial score (nSPS) is 14.9. The molecule has 1 fully saturated rings. The molecule has 0 aromatic heterocycles. The van der Waals surface area contributed by atoms with E-state index in [0.717, 1.165) is 49.9 Å². The quantitative estimate of drug-likeness (QED) is 0.810. The summed E-state index contributed by atoms with van der Waals surface area (Å²) in [4.78, 5) is 16.3. The highest BCUT2D eigenvalue weighted by Gasteiger charge is 2.21. The molecular weight excluding hydrogens is 314 g/mol. The maximum absolute atomic E-state index is 12.1. The molecule has 2 rings (SSSR count). The van der Waals surface area contributed by atoms with Gasteiger partial charge in [-0.15, -0.1) is 0 Å². The molecular formula is C17H26ClN3O2. The number of urea groups is 1. The van der Waals surface area contributed by atoms with Gasteiger partial charge < -0.3 is 19.9 Å². The number of nitrogens with zero attached hydrogens (tertiary/aromatic N) is 2. The Balaban J connectivity index is 1.77. The molecule has 1 saturated heterocycles. The highest BCUT2D eigenvalue weighted by molar-refractivity contribution is 6.30. The number of ether oxygens (including phenoxy) is 1. The van der Waals surface area contributed by atoms with Gasteiger partial charge in [-0.05, 0) is 38.0 Å². The molecule has 1 aromatic carbocycles. The van der Waals surface area contributed by atoms with E-state index in [0.29, 0.717) is 13.2 Å². The Morgan fingerprint density at radius 2 is 2.04 bits per heavy atom. The number of nitrogens with one attached hydrogen (secondary N) is 1. The highest BCUT2D eigenvalue weighted by atomic mass is 35.5. The van der Waals surface area contributed by atoms with Crippen molar-refractivity contribution in [3.8, 4) is 0 Å². The van der Waals surface area contributed by atoms with Crippen LogP contribution in [-0.2, 0) is 4.74 Å². The Kier molecular flexibility index (Phi) is 6.99.